The summed E-state index contributed by atoms with van der Waals surface area (Å²) in [6.45, 7) is 3.12. The van der Waals surface area contributed by atoms with Crippen molar-refractivity contribution >= 4 is 21.6 Å². The highest BCUT2D eigenvalue weighted by molar-refractivity contribution is 7.89. The lowest BCUT2D eigenvalue weighted by atomic mass is 10.2. The number of rotatable bonds is 3. The van der Waals surface area contributed by atoms with Gasteiger partial charge in [0.25, 0.3) is 0 Å². The monoisotopic (exact) mass is 300 g/mol. The van der Waals surface area contributed by atoms with Crippen LogP contribution in [-0.2, 0) is 16.6 Å². The summed E-state index contributed by atoms with van der Waals surface area (Å²) in [4.78, 5) is 0.257. The molecule has 1 aromatic rings. The minimum absolute atomic E-state index is 0.223. The van der Waals surface area contributed by atoms with Crippen molar-refractivity contribution in [1.29, 1.82) is 0 Å². The van der Waals surface area contributed by atoms with Gasteiger partial charge in [-0.15, -0.1) is 0 Å². The Bertz CT molecular complexity index is 611. The summed E-state index contributed by atoms with van der Waals surface area (Å²) in [5.74, 6) is 0. The lowest BCUT2D eigenvalue weighted by Gasteiger charge is -2.25. The summed E-state index contributed by atoms with van der Waals surface area (Å²) in [5.41, 5.74) is 7.28. The van der Waals surface area contributed by atoms with Crippen molar-refractivity contribution in [2.75, 3.05) is 13.1 Å². The number of nitrogens with two attached hydrogens (primary N) is 1. The smallest absolute Gasteiger partial charge is 0.243 e. The molecule has 2 N–H and O–H groups in total. The van der Waals surface area contributed by atoms with Crippen LogP contribution < -0.4 is 5.73 Å². The standard InChI is InChI=1S/C13H17ClN2O2S/c1-10-3-2-6-16(9-10)19(17,18)12-4-5-13(14)11(7-12)8-15/h3-5,7H,2,6,8-9,15H2,1H3. The molecule has 0 fully saturated rings. The van der Waals surface area contributed by atoms with E-state index < -0.39 is 10.0 Å². The van der Waals surface area contributed by atoms with Crippen LogP contribution in [0.5, 0.6) is 0 Å². The lowest BCUT2D eigenvalue weighted by molar-refractivity contribution is 0.428. The Kier molecular flexibility index (Phi) is 4.30. The number of hydrogen-bond acceptors (Lipinski definition) is 3. The second-order valence-corrected chi connectivity index (χ2v) is 6.98. The molecule has 0 aliphatic carbocycles. The molecule has 0 spiro atoms. The van der Waals surface area contributed by atoms with Crippen LogP contribution in [0.3, 0.4) is 0 Å². The Morgan fingerprint density at radius 2 is 2.16 bits per heavy atom. The molecule has 1 heterocycles. The van der Waals surface area contributed by atoms with Gasteiger partial charge in [-0.25, -0.2) is 8.42 Å². The maximum atomic E-state index is 12.5. The van der Waals surface area contributed by atoms with Crippen molar-refractivity contribution in [3.05, 3.63) is 40.4 Å². The highest BCUT2D eigenvalue weighted by Crippen LogP contribution is 2.24. The predicted molar refractivity (Wildman–Crippen MR) is 76.5 cm³/mol. The third-order valence-electron chi connectivity index (χ3n) is 3.17. The molecule has 0 amide bonds. The largest absolute Gasteiger partial charge is 0.326 e. The number of benzene rings is 1. The van der Waals surface area contributed by atoms with Crippen LogP contribution in [0.2, 0.25) is 5.02 Å². The van der Waals surface area contributed by atoms with E-state index in [2.05, 4.69) is 6.08 Å². The Morgan fingerprint density at radius 3 is 2.79 bits per heavy atom. The SMILES string of the molecule is CC1=CCCN(S(=O)(=O)c2ccc(Cl)c(CN)c2)C1. The molecule has 0 atom stereocenters. The van der Waals surface area contributed by atoms with Crippen LogP contribution in [0.15, 0.2) is 34.7 Å². The predicted octanol–water partition coefficient (Wildman–Crippen LogP) is 2.14. The number of hydrogen-bond donors (Lipinski definition) is 1. The van der Waals surface area contributed by atoms with Crippen molar-refractivity contribution in [3.63, 3.8) is 0 Å². The Hall–Kier alpha value is -0.880. The van der Waals surface area contributed by atoms with Crippen LogP contribution in [0.4, 0.5) is 0 Å². The first kappa shape index (κ1) is 14.5. The van der Waals surface area contributed by atoms with Gasteiger partial charge in [-0.3, -0.25) is 0 Å². The van der Waals surface area contributed by atoms with Crippen LogP contribution in [0.1, 0.15) is 18.9 Å². The minimum Gasteiger partial charge on any atom is -0.326 e. The van der Waals surface area contributed by atoms with Crippen LogP contribution >= 0.6 is 11.6 Å². The second kappa shape index (κ2) is 5.63. The molecule has 19 heavy (non-hydrogen) atoms. The first-order chi connectivity index (χ1) is 8.95. The third kappa shape index (κ3) is 3.00. The average Bonchev–Trinajstić information content (AvgIpc) is 2.39. The van der Waals surface area contributed by atoms with Crippen LogP contribution in [0, 0.1) is 0 Å². The molecular formula is C13H17ClN2O2S. The van der Waals surface area contributed by atoms with Gasteiger partial charge in [0, 0.05) is 24.7 Å². The summed E-state index contributed by atoms with van der Waals surface area (Å²) < 4.78 is 26.5. The van der Waals surface area contributed by atoms with Crippen LogP contribution in [0.25, 0.3) is 0 Å². The minimum atomic E-state index is -3.47. The molecule has 2 rings (SSSR count). The third-order valence-corrected chi connectivity index (χ3v) is 5.38. The summed E-state index contributed by atoms with van der Waals surface area (Å²) in [6.07, 6.45) is 2.82. The summed E-state index contributed by atoms with van der Waals surface area (Å²) >= 11 is 5.96. The zero-order chi connectivity index (χ0) is 14.0. The summed E-state index contributed by atoms with van der Waals surface area (Å²) in [7, 11) is -3.47. The van der Waals surface area contributed by atoms with Gasteiger partial charge in [-0.2, -0.15) is 4.31 Å². The van der Waals surface area contributed by atoms with E-state index in [4.69, 9.17) is 17.3 Å². The van der Waals surface area contributed by atoms with Gasteiger partial charge in [0.1, 0.15) is 0 Å². The molecule has 1 aliphatic rings. The fourth-order valence-electron chi connectivity index (χ4n) is 2.10. The summed E-state index contributed by atoms with van der Waals surface area (Å²) in [6, 6.07) is 4.68. The van der Waals surface area contributed by atoms with E-state index >= 15 is 0 Å². The average molecular weight is 301 g/mol. The zero-order valence-corrected chi connectivity index (χ0v) is 12.3. The van der Waals surface area contributed by atoms with E-state index in [1.54, 1.807) is 12.1 Å². The summed E-state index contributed by atoms with van der Waals surface area (Å²) in [5, 5.41) is 0.496. The van der Waals surface area contributed by atoms with E-state index in [0.29, 0.717) is 23.7 Å². The van der Waals surface area contributed by atoms with Crippen molar-refractivity contribution in [2.45, 2.75) is 24.8 Å². The molecule has 1 aromatic carbocycles. The van der Waals surface area contributed by atoms with Crippen LogP contribution in [-0.4, -0.2) is 25.8 Å². The number of nitrogens with zero attached hydrogens (tertiary/aromatic N) is 1. The Labute approximate surface area is 118 Å². The van der Waals surface area contributed by atoms with Crippen molar-refractivity contribution in [2.24, 2.45) is 5.73 Å². The topological polar surface area (TPSA) is 63.4 Å². The van der Waals surface area contributed by atoms with E-state index in [0.717, 1.165) is 12.0 Å². The fourth-order valence-corrected chi connectivity index (χ4v) is 3.84. The first-order valence-corrected chi connectivity index (χ1v) is 7.91. The van der Waals surface area contributed by atoms with Gasteiger partial charge in [0.15, 0.2) is 0 Å². The molecule has 0 radical (unpaired) electrons. The van der Waals surface area contributed by atoms with Crippen molar-refractivity contribution in [3.8, 4) is 0 Å². The molecule has 1 aliphatic heterocycles. The molecule has 0 bridgehead atoms. The van der Waals surface area contributed by atoms with Gasteiger partial charge >= 0.3 is 0 Å². The zero-order valence-electron chi connectivity index (χ0n) is 10.8. The normalized spacial score (nSPS) is 17.3. The lowest BCUT2D eigenvalue weighted by Crippen LogP contribution is -2.35. The van der Waals surface area contributed by atoms with Gasteiger partial charge in [-0.1, -0.05) is 23.3 Å². The molecule has 0 saturated carbocycles. The van der Waals surface area contributed by atoms with Crippen molar-refractivity contribution < 1.29 is 8.42 Å². The van der Waals surface area contributed by atoms with Gasteiger partial charge in [-0.05, 0) is 37.1 Å². The van der Waals surface area contributed by atoms with E-state index in [-0.39, 0.29) is 11.4 Å². The quantitative estimate of drug-likeness (QED) is 0.870. The maximum Gasteiger partial charge on any atom is 0.243 e. The van der Waals surface area contributed by atoms with Gasteiger partial charge in [0.2, 0.25) is 10.0 Å². The Balaban J connectivity index is 2.37. The first-order valence-electron chi connectivity index (χ1n) is 6.09. The molecule has 4 nitrogen and oxygen atoms in total. The molecule has 0 aromatic heterocycles. The highest BCUT2D eigenvalue weighted by atomic mass is 35.5. The van der Waals surface area contributed by atoms with Gasteiger partial charge < -0.3 is 5.73 Å². The molecule has 0 unspecified atom stereocenters. The van der Waals surface area contributed by atoms with E-state index in [9.17, 15) is 8.42 Å². The number of sulfonamides is 1. The van der Waals surface area contributed by atoms with E-state index in [1.165, 1.54) is 10.4 Å². The number of halogens is 1. The molecular weight excluding hydrogens is 284 g/mol. The molecule has 104 valence electrons. The van der Waals surface area contributed by atoms with Gasteiger partial charge in [0.05, 0.1) is 4.90 Å². The van der Waals surface area contributed by atoms with E-state index in [1.807, 2.05) is 6.92 Å². The highest BCUT2D eigenvalue weighted by Gasteiger charge is 2.26. The molecule has 6 heteroatoms. The Morgan fingerprint density at radius 1 is 1.42 bits per heavy atom. The molecule has 0 saturated heterocycles. The second-order valence-electron chi connectivity index (χ2n) is 4.64. The fraction of sp³-hybridized carbons (Fsp3) is 0.385. The van der Waals surface area contributed by atoms with Crippen molar-refractivity contribution in [1.82, 2.24) is 4.31 Å². The maximum absolute atomic E-state index is 12.5.